The number of esters is 1. The van der Waals surface area contributed by atoms with Crippen molar-refractivity contribution >= 4 is 11.9 Å². The van der Waals surface area contributed by atoms with Crippen molar-refractivity contribution in [2.45, 2.75) is 20.3 Å². The van der Waals surface area contributed by atoms with Gasteiger partial charge in [0.2, 0.25) is 0 Å². The Balaban J connectivity index is 2.79. The van der Waals surface area contributed by atoms with E-state index in [1.54, 1.807) is 12.1 Å². The molecule has 0 unspecified atom stereocenters. The fourth-order valence-corrected chi connectivity index (χ4v) is 1.61. The first kappa shape index (κ1) is 14.2. The molecular weight excluding hydrogens is 230 g/mol. The van der Waals surface area contributed by atoms with Crippen LogP contribution in [0.5, 0.6) is 0 Å². The van der Waals surface area contributed by atoms with Gasteiger partial charge < -0.3 is 9.64 Å². The number of methoxy groups -OCH3 is 1. The lowest BCUT2D eigenvalue weighted by Crippen LogP contribution is -2.36. The molecule has 4 heteroatoms. The van der Waals surface area contributed by atoms with E-state index < -0.39 is 5.97 Å². The number of aryl methyl sites for hydroxylation is 1. The molecule has 1 aromatic rings. The Labute approximate surface area is 108 Å². The third-order valence-corrected chi connectivity index (χ3v) is 2.83. The summed E-state index contributed by atoms with van der Waals surface area (Å²) in [5, 5.41) is 0. The van der Waals surface area contributed by atoms with Crippen molar-refractivity contribution in [2.75, 3.05) is 20.2 Å². The smallest absolute Gasteiger partial charge is 0.325 e. The molecule has 0 bridgehead atoms. The molecule has 0 aliphatic carbocycles. The highest BCUT2D eigenvalue weighted by Crippen LogP contribution is 2.08. The molecule has 0 fully saturated rings. The molecule has 0 aliphatic heterocycles. The normalized spacial score (nSPS) is 9.94. The second-order valence-corrected chi connectivity index (χ2v) is 3.95. The van der Waals surface area contributed by atoms with Crippen molar-refractivity contribution < 1.29 is 14.3 Å². The Morgan fingerprint density at radius 2 is 1.78 bits per heavy atom. The Kier molecular flexibility index (Phi) is 5.36. The van der Waals surface area contributed by atoms with Gasteiger partial charge in [-0.15, -0.1) is 0 Å². The Bertz CT molecular complexity index is 412. The van der Waals surface area contributed by atoms with Crippen LogP contribution in [-0.4, -0.2) is 37.0 Å². The summed E-state index contributed by atoms with van der Waals surface area (Å²) in [5.74, 6) is -0.555. The average molecular weight is 249 g/mol. The second kappa shape index (κ2) is 6.79. The van der Waals surface area contributed by atoms with Gasteiger partial charge in [0, 0.05) is 12.1 Å². The number of rotatable bonds is 5. The molecule has 0 saturated carbocycles. The lowest BCUT2D eigenvalue weighted by atomic mass is 10.1. The maximum Gasteiger partial charge on any atom is 0.325 e. The van der Waals surface area contributed by atoms with Crippen LogP contribution in [0.2, 0.25) is 0 Å². The molecule has 4 nitrogen and oxygen atoms in total. The van der Waals surface area contributed by atoms with Crippen LogP contribution in [0.3, 0.4) is 0 Å². The topological polar surface area (TPSA) is 46.6 Å². The molecule has 1 rings (SSSR count). The molecule has 0 spiro atoms. The zero-order chi connectivity index (χ0) is 13.5. The van der Waals surface area contributed by atoms with Crippen LogP contribution in [0.1, 0.15) is 29.8 Å². The van der Waals surface area contributed by atoms with E-state index in [2.05, 4.69) is 11.7 Å². The van der Waals surface area contributed by atoms with Crippen LogP contribution >= 0.6 is 0 Å². The zero-order valence-electron chi connectivity index (χ0n) is 11.1. The van der Waals surface area contributed by atoms with Gasteiger partial charge in [-0.2, -0.15) is 0 Å². The van der Waals surface area contributed by atoms with E-state index in [1.165, 1.54) is 17.6 Å². The van der Waals surface area contributed by atoms with Crippen molar-refractivity contribution in [1.29, 1.82) is 0 Å². The Hall–Kier alpha value is -1.84. The van der Waals surface area contributed by atoms with Gasteiger partial charge in [0.05, 0.1) is 7.11 Å². The van der Waals surface area contributed by atoms with Crippen LogP contribution in [-0.2, 0) is 16.0 Å². The van der Waals surface area contributed by atoms with Gasteiger partial charge in [-0.1, -0.05) is 19.1 Å². The summed E-state index contributed by atoms with van der Waals surface area (Å²) in [7, 11) is 1.32. The molecule has 0 heterocycles. The lowest BCUT2D eigenvalue weighted by molar-refractivity contribution is -0.141. The van der Waals surface area contributed by atoms with Crippen molar-refractivity contribution in [1.82, 2.24) is 4.90 Å². The van der Waals surface area contributed by atoms with Gasteiger partial charge in [0.15, 0.2) is 0 Å². The van der Waals surface area contributed by atoms with Gasteiger partial charge in [0.25, 0.3) is 5.91 Å². The summed E-state index contributed by atoms with van der Waals surface area (Å²) in [6, 6.07) is 7.45. The SMILES string of the molecule is CCc1ccc(C(=O)N(CC)CC(=O)OC)cc1. The molecular formula is C14H19NO3. The summed E-state index contributed by atoms with van der Waals surface area (Å²) in [4.78, 5) is 24.8. The minimum Gasteiger partial charge on any atom is -0.468 e. The standard InChI is InChI=1S/C14H19NO3/c1-4-11-6-8-12(9-7-11)14(17)15(5-2)10-13(16)18-3/h6-9H,4-5,10H2,1-3H3. The Morgan fingerprint density at radius 3 is 2.22 bits per heavy atom. The van der Waals surface area contributed by atoms with Crippen LogP contribution in [0.4, 0.5) is 0 Å². The molecule has 0 saturated heterocycles. The van der Waals surface area contributed by atoms with Crippen LogP contribution < -0.4 is 0 Å². The summed E-state index contributed by atoms with van der Waals surface area (Å²) in [6.45, 7) is 4.36. The number of amides is 1. The Morgan fingerprint density at radius 1 is 1.17 bits per heavy atom. The number of hydrogen-bond donors (Lipinski definition) is 0. The predicted molar refractivity (Wildman–Crippen MR) is 69.4 cm³/mol. The number of carbonyl (C=O) groups excluding carboxylic acids is 2. The van der Waals surface area contributed by atoms with Crippen molar-refractivity contribution in [3.05, 3.63) is 35.4 Å². The number of hydrogen-bond acceptors (Lipinski definition) is 3. The quantitative estimate of drug-likeness (QED) is 0.749. The molecule has 98 valence electrons. The number of benzene rings is 1. The van der Waals surface area contributed by atoms with E-state index in [-0.39, 0.29) is 12.5 Å². The highest BCUT2D eigenvalue weighted by Gasteiger charge is 2.17. The first-order chi connectivity index (χ1) is 8.62. The van der Waals surface area contributed by atoms with Crippen molar-refractivity contribution in [3.63, 3.8) is 0 Å². The number of nitrogens with zero attached hydrogens (tertiary/aromatic N) is 1. The third kappa shape index (κ3) is 3.58. The summed E-state index contributed by atoms with van der Waals surface area (Å²) in [5.41, 5.74) is 1.78. The van der Waals surface area contributed by atoms with E-state index in [0.717, 1.165) is 6.42 Å². The van der Waals surface area contributed by atoms with Crippen LogP contribution in [0, 0.1) is 0 Å². The van der Waals surface area contributed by atoms with Gasteiger partial charge in [-0.25, -0.2) is 0 Å². The lowest BCUT2D eigenvalue weighted by Gasteiger charge is -2.19. The second-order valence-electron chi connectivity index (χ2n) is 3.95. The van der Waals surface area contributed by atoms with Gasteiger partial charge in [0.1, 0.15) is 6.54 Å². The van der Waals surface area contributed by atoms with Crippen molar-refractivity contribution in [2.24, 2.45) is 0 Å². The maximum absolute atomic E-state index is 12.1. The van der Waals surface area contributed by atoms with E-state index >= 15 is 0 Å². The molecule has 0 aliphatic rings. The highest BCUT2D eigenvalue weighted by molar-refractivity contribution is 5.96. The maximum atomic E-state index is 12.1. The molecule has 18 heavy (non-hydrogen) atoms. The zero-order valence-corrected chi connectivity index (χ0v) is 11.1. The summed E-state index contributed by atoms with van der Waals surface area (Å²) < 4.78 is 4.57. The summed E-state index contributed by atoms with van der Waals surface area (Å²) in [6.07, 6.45) is 0.939. The minimum atomic E-state index is -0.407. The average Bonchev–Trinajstić information content (AvgIpc) is 2.43. The third-order valence-electron chi connectivity index (χ3n) is 2.83. The van der Waals surface area contributed by atoms with E-state index in [0.29, 0.717) is 12.1 Å². The largest absolute Gasteiger partial charge is 0.468 e. The molecule has 0 radical (unpaired) electrons. The molecule has 0 N–H and O–H groups in total. The van der Waals surface area contributed by atoms with Gasteiger partial charge in [-0.3, -0.25) is 9.59 Å². The first-order valence-corrected chi connectivity index (χ1v) is 6.07. The molecule has 0 aromatic heterocycles. The number of carbonyl (C=O) groups is 2. The van der Waals surface area contributed by atoms with Crippen molar-refractivity contribution in [3.8, 4) is 0 Å². The first-order valence-electron chi connectivity index (χ1n) is 6.07. The highest BCUT2D eigenvalue weighted by atomic mass is 16.5. The number of ether oxygens (including phenoxy) is 1. The summed E-state index contributed by atoms with van der Waals surface area (Å²) >= 11 is 0. The van der Waals surface area contributed by atoms with Crippen LogP contribution in [0.15, 0.2) is 24.3 Å². The van der Waals surface area contributed by atoms with Gasteiger partial charge >= 0.3 is 5.97 Å². The fourth-order valence-electron chi connectivity index (χ4n) is 1.61. The number of likely N-dealkylation sites (N-methyl/N-ethyl adjacent to an activating group) is 1. The van der Waals surface area contributed by atoms with Gasteiger partial charge in [-0.05, 0) is 31.0 Å². The van der Waals surface area contributed by atoms with E-state index in [9.17, 15) is 9.59 Å². The molecule has 1 aromatic carbocycles. The van der Waals surface area contributed by atoms with E-state index in [1.807, 2.05) is 19.1 Å². The monoisotopic (exact) mass is 249 g/mol. The van der Waals surface area contributed by atoms with Crippen LogP contribution in [0.25, 0.3) is 0 Å². The predicted octanol–water partition coefficient (Wildman–Crippen LogP) is 1.88. The van der Waals surface area contributed by atoms with E-state index in [4.69, 9.17) is 0 Å². The fraction of sp³-hybridized carbons (Fsp3) is 0.429. The molecule has 0 atom stereocenters. The molecule has 1 amide bonds. The minimum absolute atomic E-state index is 0.0125.